The third kappa shape index (κ3) is 3.70. The van der Waals surface area contributed by atoms with Crippen LogP contribution in [0.3, 0.4) is 0 Å². The lowest BCUT2D eigenvalue weighted by Crippen LogP contribution is -2.16. The number of anilines is 1. The van der Waals surface area contributed by atoms with Crippen LogP contribution in [0.2, 0.25) is 0 Å². The molecule has 0 fully saturated rings. The zero-order valence-electron chi connectivity index (χ0n) is 15.6. The fourth-order valence-electron chi connectivity index (χ4n) is 3.03. The normalized spacial score (nSPS) is 10.6. The molecule has 0 radical (unpaired) electrons. The van der Waals surface area contributed by atoms with Crippen LogP contribution in [0.15, 0.2) is 6.07 Å². The molecule has 25 heavy (non-hydrogen) atoms. The van der Waals surface area contributed by atoms with E-state index in [4.69, 9.17) is 4.74 Å². The molecule has 0 aliphatic rings. The highest BCUT2D eigenvalue weighted by molar-refractivity contribution is 6.07. The van der Waals surface area contributed by atoms with Crippen LogP contribution in [0.25, 0.3) is 0 Å². The molecule has 0 saturated heterocycles. The predicted molar refractivity (Wildman–Crippen MR) is 95.0 cm³/mol. The lowest BCUT2D eigenvalue weighted by molar-refractivity contribution is 0.0512. The second-order valence-corrected chi connectivity index (χ2v) is 5.83. The molecule has 0 aromatic carbocycles. The Kier molecular flexibility index (Phi) is 5.56. The molecule has 0 unspecified atom stereocenters. The van der Waals surface area contributed by atoms with Gasteiger partial charge in [0.15, 0.2) is 0 Å². The summed E-state index contributed by atoms with van der Waals surface area (Å²) in [5, 5.41) is 2.73. The summed E-state index contributed by atoms with van der Waals surface area (Å²) in [5.41, 5.74) is 3.72. The number of aryl methyl sites for hydroxylation is 2. The first-order valence-electron chi connectivity index (χ1n) is 8.30. The fourth-order valence-corrected chi connectivity index (χ4v) is 3.03. The van der Waals surface area contributed by atoms with Gasteiger partial charge in [-0.3, -0.25) is 10.1 Å². The molecule has 0 bridgehead atoms. The second-order valence-electron chi connectivity index (χ2n) is 5.83. The summed E-state index contributed by atoms with van der Waals surface area (Å²) < 4.78 is 6.93. The van der Waals surface area contributed by atoms with Gasteiger partial charge >= 0.3 is 5.97 Å². The molecule has 0 saturated carbocycles. The van der Waals surface area contributed by atoms with Crippen molar-refractivity contribution in [1.29, 1.82) is 0 Å². The Bertz CT molecular complexity index is 804. The summed E-state index contributed by atoms with van der Waals surface area (Å²) in [6.45, 7) is 11.8. The minimum Gasteiger partial charge on any atom is -0.461 e. The summed E-state index contributed by atoms with van der Waals surface area (Å²) >= 11 is 0. The van der Waals surface area contributed by atoms with Crippen molar-refractivity contribution in [2.24, 2.45) is 0 Å². The van der Waals surface area contributed by atoms with E-state index in [1.54, 1.807) is 18.4 Å². The molecule has 0 aliphatic heterocycles. The zero-order valence-corrected chi connectivity index (χ0v) is 15.6. The quantitative estimate of drug-likeness (QED) is 0.843. The van der Waals surface area contributed by atoms with Gasteiger partial charge in [0.1, 0.15) is 5.69 Å². The molecular formula is C18H24N4O3. The molecule has 134 valence electrons. The second kappa shape index (κ2) is 7.46. The largest absolute Gasteiger partial charge is 0.461 e. The maximum absolute atomic E-state index is 12.8. The van der Waals surface area contributed by atoms with E-state index in [-0.39, 0.29) is 18.5 Å². The Morgan fingerprint density at radius 1 is 1.12 bits per heavy atom. The van der Waals surface area contributed by atoms with E-state index < -0.39 is 5.97 Å². The Morgan fingerprint density at radius 3 is 2.24 bits per heavy atom. The molecule has 1 N–H and O–H groups in total. The van der Waals surface area contributed by atoms with Gasteiger partial charge in [0, 0.05) is 23.6 Å². The summed E-state index contributed by atoms with van der Waals surface area (Å²) in [4.78, 5) is 33.5. The van der Waals surface area contributed by atoms with Gasteiger partial charge in [-0.2, -0.15) is 0 Å². The lowest BCUT2D eigenvalue weighted by Gasteiger charge is -2.08. The number of hydrogen-bond acceptors (Lipinski definition) is 5. The molecule has 2 heterocycles. The van der Waals surface area contributed by atoms with Crippen molar-refractivity contribution in [2.75, 3.05) is 11.9 Å². The van der Waals surface area contributed by atoms with E-state index in [9.17, 15) is 9.59 Å². The highest BCUT2D eigenvalue weighted by Gasteiger charge is 2.27. The molecular weight excluding hydrogens is 320 g/mol. The number of aromatic nitrogens is 3. The van der Waals surface area contributed by atoms with Gasteiger partial charge < -0.3 is 9.30 Å². The van der Waals surface area contributed by atoms with Crippen molar-refractivity contribution in [3.8, 4) is 0 Å². The van der Waals surface area contributed by atoms with Crippen molar-refractivity contribution in [3.05, 3.63) is 40.0 Å². The summed E-state index contributed by atoms with van der Waals surface area (Å²) in [6, 6.07) is 1.83. The lowest BCUT2D eigenvalue weighted by atomic mass is 10.1. The average Bonchev–Trinajstić information content (AvgIpc) is 2.76. The summed E-state index contributed by atoms with van der Waals surface area (Å²) in [5.74, 6) is -0.507. The molecule has 0 spiro atoms. The SMILES string of the molecule is CCOC(=O)c1c(C)c(C(=O)Nc2nc(C)cc(C)n2)c(C)n1CC. The Morgan fingerprint density at radius 2 is 1.72 bits per heavy atom. The maximum atomic E-state index is 12.8. The van der Waals surface area contributed by atoms with Crippen molar-refractivity contribution in [3.63, 3.8) is 0 Å². The highest BCUT2D eigenvalue weighted by Crippen LogP contribution is 2.24. The van der Waals surface area contributed by atoms with Crippen LogP contribution in [0.5, 0.6) is 0 Å². The number of esters is 1. The van der Waals surface area contributed by atoms with E-state index in [0.29, 0.717) is 29.1 Å². The molecule has 7 heteroatoms. The van der Waals surface area contributed by atoms with Gasteiger partial charge in [-0.15, -0.1) is 0 Å². The molecule has 2 aromatic rings. The topological polar surface area (TPSA) is 86.1 Å². The molecule has 2 aromatic heterocycles. The predicted octanol–water partition coefficient (Wildman–Crippen LogP) is 2.96. The van der Waals surface area contributed by atoms with Crippen molar-refractivity contribution in [2.45, 2.75) is 48.1 Å². The van der Waals surface area contributed by atoms with Crippen LogP contribution in [-0.2, 0) is 11.3 Å². The number of nitrogens with zero attached hydrogens (tertiary/aromatic N) is 3. The van der Waals surface area contributed by atoms with Gasteiger partial charge in [0.25, 0.3) is 5.91 Å². The van der Waals surface area contributed by atoms with Crippen molar-refractivity contribution >= 4 is 17.8 Å². The molecule has 0 atom stereocenters. The van der Waals surface area contributed by atoms with E-state index in [1.165, 1.54) is 0 Å². The Hall–Kier alpha value is -2.70. The van der Waals surface area contributed by atoms with Gasteiger partial charge in [-0.1, -0.05) is 0 Å². The maximum Gasteiger partial charge on any atom is 0.355 e. The smallest absolute Gasteiger partial charge is 0.355 e. The Balaban J connectivity index is 2.44. The molecule has 0 aliphatic carbocycles. The molecule has 1 amide bonds. The van der Waals surface area contributed by atoms with Crippen molar-refractivity contribution < 1.29 is 14.3 Å². The number of carbonyl (C=O) groups excluding carboxylic acids is 2. The number of nitrogens with one attached hydrogen (secondary N) is 1. The first-order valence-corrected chi connectivity index (χ1v) is 8.30. The van der Waals surface area contributed by atoms with E-state index in [2.05, 4.69) is 15.3 Å². The first-order chi connectivity index (χ1) is 11.8. The van der Waals surface area contributed by atoms with Gasteiger partial charge in [-0.25, -0.2) is 14.8 Å². The molecule has 7 nitrogen and oxygen atoms in total. The monoisotopic (exact) mass is 344 g/mol. The van der Waals surface area contributed by atoms with Crippen LogP contribution in [0.4, 0.5) is 5.95 Å². The Labute approximate surface area is 147 Å². The number of ether oxygens (including phenoxy) is 1. The van der Waals surface area contributed by atoms with Crippen LogP contribution >= 0.6 is 0 Å². The van der Waals surface area contributed by atoms with E-state index >= 15 is 0 Å². The van der Waals surface area contributed by atoms with Gasteiger partial charge in [-0.05, 0) is 53.2 Å². The van der Waals surface area contributed by atoms with E-state index in [0.717, 1.165) is 11.4 Å². The van der Waals surface area contributed by atoms with Crippen LogP contribution in [0, 0.1) is 27.7 Å². The van der Waals surface area contributed by atoms with Gasteiger partial charge in [0.2, 0.25) is 5.95 Å². The van der Waals surface area contributed by atoms with Crippen molar-refractivity contribution in [1.82, 2.24) is 14.5 Å². The minimum atomic E-state index is -0.424. The highest BCUT2D eigenvalue weighted by atomic mass is 16.5. The summed E-state index contributed by atoms with van der Waals surface area (Å²) in [6.07, 6.45) is 0. The van der Waals surface area contributed by atoms with Gasteiger partial charge in [0.05, 0.1) is 12.2 Å². The third-order valence-electron chi connectivity index (χ3n) is 3.99. The number of carbonyl (C=O) groups is 2. The number of hydrogen-bond donors (Lipinski definition) is 1. The van der Waals surface area contributed by atoms with Crippen LogP contribution in [-0.4, -0.2) is 33.0 Å². The molecule has 2 rings (SSSR count). The van der Waals surface area contributed by atoms with Crippen LogP contribution < -0.4 is 5.32 Å². The number of rotatable bonds is 5. The first kappa shape index (κ1) is 18.6. The minimum absolute atomic E-state index is 0.253. The van der Waals surface area contributed by atoms with Crippen LogP contribution in [0.1, 0.15) is 57.3 Å². The zero-order chi connectivity index (χ0) is 18.7. The standard InChI is InChI=1S/C18H24N4O3/c1-7-22-13(6)14(12(5)15(22)17(24)25-8-2)16(23)21-18-19-10(3)9-11(4)20-18/h9H,7-8H2,1-6H3,(H,19,20,21,23). The fraction of sp³-hybridized carbons (Fsp3) is 0.444. The third-order valence-corrected chi connectivity index (χ3v) is 3.99. The summed E-state index contributed by atoms with van der Waals surface area (Å²) in [7, 11) is 0. The van der Waals surface area contributed by atoms with E-state index in [1.807, 2.05) is 33.8 Å². The average molecular weight is 344 g/mol. The number of amides is 1.